The number of hydrogen-bond acceptors (Lipinski definition) is 5. The van der Waals surface area contributed by atoms with Crippen molar-refractivity contribution in [3.8, 4) is 0 Å². The third kappa shape index (κ3) is 3.96. The lowest BCUT2D eigenvalue weighted by Crippen LogP contribution is -2.49. The average molecular weight is 411 g/mol. The maximum atomic E-state index is 14.0. The van der Waals surface area contributed by atoms with Crippen LogP contribution in [0, 0.1) is 12.7 Å². The number of rotatable bonds is 4. The fraction of sp³-hybridized carbons (Fsp3) is 0.273. The molecule has 0 unspecified atom stereocenters. The lowest BCUT2D eigenvalue weighted by molar-refractivity contribution is 0.0750. The van der Waals surface area contributed by atoms with Crippen LogP contribution >= 0.6 is 11.3 Å². The summed E-state index contributed by atoms with van der Waals surface area (Å²) in [7, 11) is 1.95. The summed E-state index contributed by atoms with van der Waals surface area (Å²) in [5.41, 5.74) is 2.37. The van der Waals surface area contributed by atoms with E-state index in [9.17, 15) is 9.18 Å². The normalized spacial score (nSPS) is 14.2. The van der Waals surface area contributed by atoms with Crippen molar-refractivity contribution >= 4 is 33.8 Å². The van der Waals surface area contributed by atoms with Crippen molar-refractivity contribution in [2.45, 2.75) is 6.92 Å². The highest BCUT2D eigenvalue weighted by Gasteiger charge is 2.27. The molecular weight excluding hydrogens is 387 g/mol. The van der Waals surface area contributed by atoms with Gasteiger partial charge in [-0.2, -0.15) is 0 Å². The Morgan fingerprint density at radius 1 is 1.03 bits per heavy atom. The molecule has 0 aliphatic carbocycles. The molecule has 4 rings (SSSR count). The van der Waals surface area contributed by atoms with E-state index < -0.39 is 0 Å². The Morgan fingerprint density at radius 3 is 2.38 bits per heavy atom. The second-order valence-corrected chi connectivity index (χ2v) is 8.01. The van der Waals surface area contributed by atoms with E-state index in [0.29, 0.717) is 36.7 Å². The van der Waals surface area contributed by atoms with Gasteiger partial charge in [0.15, 0.2) is 5.13 Å². The molecule has 5 nitrogen and oxygen atoms in total. The van der Waals surface area contributed by atoms with Crippen molar-refractivity contribution in [3.63, 3.8) is 0 Å². The lowest BCUT2D eigenvalue weighted by Gasteiger charge is -2.36. The van der Waals surface area contributed by atoms with Crippen LogP contribution in [-0.2, 0) is 0 Å². The van der Waals surface area contributed by atoms with Crippen LogP contribution < -0.4 is 9.80 Å². The van der Waals surface area contributed by atoms with E-state index in [4.69, 9.17) is 0 Å². The maximum absolute atomic E-state index is 14.0. The van der Waals surface area contributed by atoms with Crippen molar-refractivity contribution in [2.24, 2.45) is 0 Å². The number of hydrogen-bond donors (Lipinski definition) is 0. The molecule has 7 heteroatoms. The summed E-state index contributed by atoms with van der Waals surface area (Å²) < 4.78 is 14.0. The monoisotopic (exact) mass is 410 g/mol. The number of aromatic nitrogens is 1. The van der Waals surface area contributed by atoms with Gasteiger partial charge in [0, 0.05) is 38.9 Å². The molecule has 0 atom stereocenters. The summed E-state index contributed by atoms with van der Waals surface area (Å²) in [6, 6.07) is 16.7. The summed E-state index contributed by atoms with van der Waals surface area (Å²) in [5, 5.41) is 0.794. The Labute approximate surface area is 174 Å². The third-order valence-corrected chi connectivity index (χ3v) is 6.39. The van der Waals surface area contributed by atoms with Crippen LogP contribution in [0.2, 0.25) is 0 Å². The number of benzene rings is 2. The van der Waals surface area contributed by atoms with Crippen molar-refractivity contribution in [2.75, 3.05) is 43.0 Å². The van der Waals surface area contributed by atoms with E-state index in [1.165, 1.54) is 17.4 Å². The van der Waals surface area contributed by atoms with Crippen molar-refractivity contribution in [1.82, 2.24) is 9.88 Å². The largest absolute Gasteiger partial charge is 0.366 e. The second-order valence-electron chi connectivity index (χ2n) is 7.04. The first-order valence-corrected chi connectivity index (χ1v) is 10.4. The van der Waals surface area contributed by atoms with Gasteiger partial charge in [0.05, 0.1) is 11.4 Å². The molecule has 1 aliphatic rings. The Kier molecular flexibility index (Phi) is 5.49. The number of carbonyl (C=O) groups excluding carboxylic acids is 1. The van der Waals surface area contributed by atoms with E-state index in [0.717, 1.165) is 16.5 Å². The molecule has 150 valence electrons. The van der Waals surface area contributed by atoms with Gasteiger partial charge in [-0.1, -0.05) is 41.7 Å². The predicted molar refractivity (Wildman–Crippen MR) is 116 cm³/mol. The number of piperazine rings is 1. The predicted octanol–water partition coefficient (Wildman–Crippen LogP) is 4.32. The van der Waals surface area contributed by atoms with E-state index in [-0.39, 0.29) is 11.7 Å². The van der Waals surface area contributed by atoms with E-state index in [2.05, 4.69) is 4.98 Å². The molecule has 1 amide bonds. The molecule has 1 aliphatic heterocycles. The Balaban J connectivity index is 1.46. The van der Waals surface area contributed by atoms with Crippen LogP contribution in [-0.4, -0.2) is 49.0 Å². The highest BCUT2D eigenvalue weighted by atomic mass is 32.1. The van der Waals surface area contributed by atoms with Crippen LogP contribution in [0.5, 0.6) is 0 Å². The molecule has 0 spiro atoms. The highest BCUT2D eigenvalue weighted by molar-refractivity contribution is 7.17. The minimum absolute atomic E-state index is 0.000829. The number of halogens is 1. The summed E-state index contributed by atoms with van der Waals surface area (Å²) in [6.45, 7) is 4.23. The minimum Gasteiger partial charge on any atom is -0.366 e. The van der Waals surface area contributed by atoms with Gasteiger partial charge >= 0.3 is 0 Å². The molecule has 1 saturated heterocycles. The summed E-state index contributed by atoms with van der Waals surface area (Å²) in [5.74, 6) is -0.222. The van der Waals surface area contributed by atoms with Gasteiger partial charge in [-0.3, -0.25) is 4.79 Å². The van der Waals surface area contributed by atoms with Crippen molar-refractivity contribution in [3.05, 3.63) is 71.0 Å². The lowest BCUT2D eigenvalue weighted by atomic mass is 10.2. The van der Waals surface area contributed by atoms with Crippen LogP contribution in [0.4, 0.5) is 20.9 Å². The standard InChI is InChI=1S/C22H23FN4OS/c1-16-20(29-22(24-16)25(2)17-8-4-3-5-9-17)21(28)27-14-12-26(13-15-27)19-11-7-6-10-18(19)23/h3-11H,12-15H2,1-2H3. The number of aryl methyl sites for hydroxylation is 1. The number of nitrogens with zero attached hydrogens (tertiary/aromatic N) is 4. The van der Waals surface area contributed by atoms with Gasteiger partial charge in [-0.25, -0.2) is 9.37 Å². The smallest absolute Gasteiger partial charge is 0.266 e. The minimum atomic E-state index is -0.223. The van der Waals surface area contributed by atoms with Crippen molar-refractivity contribution < 1.29 is 9.18 Å². The van der Waals surface area contributed by atoms with E-state index >= 15 is 0 Å². The maximum Gasteiger partial charge on any atom is 0.266 e. The molecular formula is C22H23FN4OS. The Hall–Kier alpha value is -2.93. The van der Waals surface area contributed by atoms with E-state index in [1.807, 2.05) is 65.1 Å². The van der Waals surface area contributed by atoms with E-state index in [1.54, 1.807) is 12.1 Å². The van der Waals surface area contributed by atoms with Crippen molar-refractivity contribution in [1.29, 1.82) is 0 Å². The molecule has 0 radical (unpaired) electrons. The number of thiazole rings is 1. The first-order valence-electron chi connectivity index (χ1n) is 9.59. The second kappa shape index (κ2) is 8.21. The van der Waals surface area contributed by atoms with Crippen LogP contribution in [0.15, 0.2) is 54.6 Å². The van der Waals surface area contributed by atoms with Crippen LogP contribution in [0.25, 0.3) is 0 Å². The zero-order chi connectivity index (χ0) is 20.4. The number of anilines is 3. The molecule has 1 aromatic heterocycles. The fourth-order valence-corrected chi connectivity index (χ4v) is 4.51. The zero-order valence-corrected chi connectivity index (χ0v) is 17.3. The highest BCUT2D eigenvalue weighted by Crippen LogP contribution is 2.31. The zero-order valence-electron chi connectivity index (χ0n) is 16.5. The number of para-hydroxylation sites is 2. The van der Waals surface area contributed by atoms with Crippen LogP contribution in [0.3, 0.4) is 0 Å². The molecule has 0 saturated carbocycles. The Morgan fingerprint density at radius 2 is 1.69 bits per heavy atom. The van der Waals surface area contributed by atoms with Gasteiger partial charge in [-0.05, 0) is 31.2 Å². The van der Waals surface area contributed by atoms with Gasteiger partial charge in [0.25, 0.3) is 5.91 Å². The molecule has 3 aromatic rings. The first kappa shape index (κ1) is 19.4. The van der Waals surface area contributed by atoms with Crippen LogP contribution in [0.1, 0.15) is 15.4 Å². The number of amides is 1. The van der Waals surface area contributed by atoms with Gasteiger partial charge in [0.2, 0.25) is 0 Å². The summed E-state index contributed by atoms with van der Waals surface area (Å²) in [6.07, 6.45) is 0. The summed E-state index contributed by atoms with van der Waals surface area (Å²) >= 11 is 1.41. The van der Waals surface area contributed by atoms with Gasteiger partial charge in [-0.15, -0.1) is 0 Å². The molecule has 29 heavy (non-hydrogen) atoms. The third-order valence-electron chi connectivity index (χ3n) is 5.17. The fourth-order valence-electron chi connectivity index (χ4n) is 3.49. The molecule has 0 bridgehead atoms. The SMILES string of the molecule is Cc1nc(N(C)c2ccccc2)sc1C(=O)N1CCN(c2ccccc2F)CC1. The number of carbonyl (C=O) groups is 1. The molecule has 2 heterocycles. The first-order chi connectivity index (χ1) is 14.0. The summed E-state index contributed by atoms with van der Waals surface area (Å²) in [4.78, 5) is 24.2. The van der Waals surface area contributed by atoms with Gasteiger partial charge in [0.1, 0.15) is 10.7 Å². The molecule has 0 N–H and O–H groups in total. The Bertz CT molecular complexity index is 999. The molecule has 2 aromatic carbocycles. The van der Waals surface area contributed by atoms with Gasteiger partial charge < -0.3 is 14.7 Å². The quantitative estimate of drug-likeness (QED) is 0.642. The molecule has 1 fully saturated rings. The average Bonchev–Trinajstić information content (AvgIpc) is 3.15. The topological polar surface area (TPSA) is 39.7 Å².